The number of rotatable bonds is 2. The second kappa shape index (κ2) is 15.5. The molecule has 2 bridgehead atoms. The third-order valence-electron chi connectivity index (χ3n) is 20.9. The number of hydrogen-bond acceptors (Lipinski definition) is 2. The Hall–Kier alpha value is -5.80. The standard InChI is InChI=1S/C73H83BN2/c1-66(2,3)43-26-30-49-50-31-27-44(67(4,5)6)37-55(50)73(54(49)36-43)52-23-20-19-22-51(52)64-53(73)24-21-25-60(64)75-58-32-28-45(68(7,8)9)38-56(58)74-57-39-46(69(10,11)12)29-33-59(57)76(63-42-47-34-35-72(63,18)71(47,16)17)62-41-48(70(13,14)15)40-61(75)65(62)74/h19-33,36-41,47,63H,34-35,42H2,1-18H3. The Morgan fingerprint density at radius 2 is 0.934 bits per heavy atom. The Labute approximate surface area is 457 Å². The quantitative estimate of drug-likeness (QED) is 0.159. The molecule has 388 valence electrons. The smallest absolute Gasteiger partial charge is 0.252 e. The fourth-order valence-electron chi connectivity index (χ4n) is 15.9. The van der Waals surface area contributed by atoms with E-state index in [9.17, 15) is 0 Å². The van der Waals surface area contributed by atoms with Gasteiger partial charge >= 0.3 is 0 Å². The highest BCUT2D eigenvalue weighted by Crippen LogP contribution is 2.69. The molecule has 0 radical (unpaired) electrons. The fourth-order valence-corrected chi connectivity index (χ4v) is 15.9. The Morgan fingerprint density at radius 1 is 0.434 bits per heavy atom. The molecule has 2 aliphatic heterocycles. The molecule has 0 aromatic heterocycles. The summed E-state index contributed by atoms with van der Waals surface area (Å²) < 4.78 is 0. The highest BCUT2D eigenvalue weighted by molar-refractivity contribution is 7.00. The number of anilines is 5. The van der Waals surface area contributed by atoms with Crippen molar-refractivity contribution in [2.45, 2.75) is 182 Å². The zero-order chi connectivity index (χ0) is 54.0. The van der Waals surface area contributed by atoms with Crippen molar-refractivity contribution in [1.29, 1.82) is 0 Å². The van der Waals surface area contributed by atoms with E-state index in [1.54, 1.807) is 0 Å². The van der Waals surface area contributed by atoms with Crippen LogP contribution in [-0.4, -0.2) is 12.8 Å². The molecule has 0 amide bonds. The Kier molecular flexibility index (Phi) is 10.1. The molecule has 3 heteroatoms. The van der Waals surface area contributed by atoms with Crippen LogP contribution in [0.2, 0.25) is 0 Å². The molecule has 6 aliphatic rings. The van der Waals surface area contributed by atoms with Crippen LogP contribution in [-0.2, 0) is 32.5 Å². The Balaban J connectivity index is 1.16. The zero-order valence-corrected chi connectivity index (χ0v) is 49.4. The predicted octanol–water partition coefficient (Wildman–Crippen LogP) is 17.5. The SMILES string of the molecule is CC(C)(C)c1ccc2c(c1)B1c3cc(C(C)(C)C)ccc3N(C3CC4CCC3(C)C4(C)C)c3cc(C(C)(C)C)cc(c31)N2c1cccc2c1-c1ccccc1C21c2cc(C(C)(C)C)ccc2-c2ccc(C(C)(C)C)cc21. The molecule has 0 N–H and O–H groups in total. The van der Waals surface area contributed by atoms with Gasteiger partial charge in [-0.15, -0.1) is 0 Å². The van der Waals surface area contributed by atoms with Crippen molar-refractivity contribution in [1.82, 2.24) is 0 Å². The second-order valence-electron chi connectivity index (χ2n) is 30.5. The number of nitrogens with zero attached hydrogens (tertiary/aromatic N) is 2. The predicted molar refractivity (Wildman–Crippen MR) is 327 cm³/mol. The first-order chi connectivity index (χ1) is 35.5. The van der Waals surface area contributed by atoms with Gasteiger partial charge in [-0.2, -0.15) is 0 Å². The van der Waals surface area contributed by atoms with Gasteiger partial charge in [0, 0.05) is 34.4 Å². The molecule has 2 heterocycles. The molecule has 3 atom stereocenters. The van der Waals surface area contributed by atoms with E-state index in [2.05, 4.69) is 262 Å². The molecule has 4 aliphatic carbocycles. The molecule has 2 fully saturated rings. The van der Waals surface area contributed by atoms with E-state index in [0.717, 1.165) is 0 Å². The third kappa shape index (κ3) is 6.59. The highest BCUT2D eigenvalue weighted by atomic mass is 15.2. The number of benzene rings is 7. The van der Waals surface area contributed by atoms with Gasteiger partial charge in [-0.1, -0.05) is 222 Å². The first-order valence-electron chi connectivity index (χ1n) is 29.1. The lowest BCUT2D eigenvalue weighted by molar-refractivity contribution is 0.136. The van der Waals surface area contributed by atoms with E-state index in [0.29, 0.717) is 12.0 Å². The fraction of sp³-hybridized carbons (Fsp3) is 0.425. The topological polar surface area (TPSA) is 6.48 Å². The van der Waals surface area contributed by atoms with Crippen LogP contribution >= 0.6 is 0 Å². The molecule has 2 saturated carbocycles. The number of hydrogen-bond donors (Lipinski definition) is 0. The summed E-state index contributed by atoms with van der Waals surface area (Å²) >= 11 is 0. The molecule has 1 spiro atoms. The maximum atomic E-state index is 2.94. The van der Waals surface area contributed by atoms with E-state index in [1.165, 1.54) is 136 Å². The van der Waals surface area contributed by atoms with Gasteiger partial charge in [0.05, 0.1) is 11.1 Å². The van der Waals surface area contributed by atoms with Crippen molar-refractivity contribution in [3.63, 3.8) is 0 Å². The van der Waals surface area contributed by atoms with Crippen molar-refractivity contribution < 1.29 is 0 Å². The molecule has 7 aromatic carbocycles. The van der Waals surface area contributed by atoms with Gasteiger partial charge in [0.2, 0.25) is 0 Å². The molecule has 13 rings (SSSR count). The largest absolute Gasteiger partial charge is 0.339 e. The van der Waals surface area contributed by atoms with Crippen LogP contribution in [0, 0.1) is 16.7 Å². The van der Waals surface area contributed by atoms with Gasteiger partial charge in [0.25, 0.3) is 6.71 Å². The van der Waals surface area contributed by atoms with Gasteiger partial charge in [0.1, 0.15) is 0 Å². The van der Waals surface area contributed by atoms with Gasteiger partial charge in [-0.25, -0.2) is 0 Å². The van der Waals surface area contributed by atoms with Crippen molar-refractivity contribution in [2.24, 2.45) is 16.7 Å². The molecule has 3 unspecified atom stereocenters. The normalized spacial score (nSPS) is 21.3. The Bertz CT molecular complexity index is 3560. The number of fused-ring (bicyclic) bond motifs is 16. The van der Waals surface area contributed by atoms with Crippen molar-refractivity contribution in [2.75, 3.05) is 9.80 Å². The van der Waals surface area contributed by atoms with E-state index in [-0.39, 0.29) is 44.6 Å². The van der Waals surface area contributed by atoms with Crippen LogP contribution in [0.4, 0.5) is 28.4 Å². The molecular formula is C73H83BN2. The lowest BCUT2D eigenvalue weighted by atomic mass is 9.33. The molecule has 7 aromatic rings. The highest BCUT2D eigenvalue weighted by Gasteiger charge is 2.64. The molecule has 2 nitrogen and oxygen atoms in total. The minimum Gasteiger partial charge on any atom is -0.339 e. The first kappa shape index (κ1) is 49.8. The maximum Gasteiger partial charge on any atom is 0.252 e. The summed E-state index contributed by atoms with van der Waals surface area (Å²) in [5.41, 5.74) is 28.7. The molecule has 76 heavy (non-hydrogen) atoms. The van der Waals surface area contributed by atoms with Crippen molar-refractivity contribution in [3.8, 4) is 22.3 Å². The lowest BCUT2D eigenvalue weighted by Crippen LogP contribution is -2.64. The van der Waals surface area contributed by atoms with E-state index >= 15 is 0 Å². The van der Waals surface area contributed by atoms with Gasteiger partial charge < -0.3 is 9.80 Å². The second-order valence-corrected chi connectivity index (χ2v) is 30.5. The van der Waals surface area contributed by atoms with Gasteiger partial charge in [0.15, 0.2) is 0 Å². The molecular weight excluding hydrogens is 916 g/mol. The lowest BCUT2D eigenvalue weighted by Gasteiger charge is -2.51. The summed E-state index contributed by atoms with van der Waals surface area (Å²) in [6, 6.07) is 52.8. The first-order valence-corrected chi connectivity index (χ1v) is 29.1. The van der Waals surface area contributed by atoms with Gasteiger partial charge in [-0.05, 0) is 177 Å². The van der Waals surface area contributed by atoms with Crippen molar-refractivity contribution in [3.05, 3.63) is 177 Å². The monoisotopic (exact) mass is 999 g/mol. The summed E-state index contributed by atoms with van der Waals surface area (Å²) in [4.78, 5) is 5.72. The van der Waals surface area contributed by atoms with Crippen LogP contribution in [0.3, 0.4) is 0 Å². The van der Waals surface area contributed by atoms with Crippen LogP contribution in [0.15, 0.2) is 127 Å². The van der Waals surface area contributed by atoms with Crippen LogP contribution < -0.4 is 26.2 Å². The maximum absolute atomic E-state index is 2.94. The van der Waals surface area contributed by atoms with Gasteiger partial charge in [-0.3, -0.25) is 0 Å². The van der Waals surface area contributed by atoms with E-state index < -0.39 is 5.41 Å². The summed E-state index contributed by atoms with van der Waals surface area (Å²) in [5, 5.41) is 0. The summed E-state index contributed by atoms with van der Waals surface area (Å²) in [6.45, 7) is 43.8. The average Bonchev–Trinajstić information content (AvgIpc) is 4.11. The zero-order valence-electron chi connectivity index (χ0n) is 49.4. The third-order valence-corrected chi connectivity index (χ3v) is 20.9. The average molecular weight is 999 g/mol. The molecule has 0 saturated heterocycles. The summed E-state index contributed by atoms with van der Waals surface area (Å²) in [5.74, 6) is 0.704. The van der Waals surface area contributed by atoms with Crippen LogP contribution in [0.25, 0.3) is 22.3 Å². The van der Waals surface area contributed by atoms with E-state index in [1.807, 2.05) is 0 Å². The summed E-state index contributed by atoms with van der Waals surface area (Å²) in [6.07, 6.45) is 3.82. The Morgan fingerprint density at radius 3 is 1.47 bits per heavy atom. The van der Waals surface area contributed by atoms with Crippen molar-refractivity contribution >= 4 is 51.5 Å². The van der Waals surface area contributed by atoms with Crippen LogP contribution in [0.5, 0.6) is 0 Å². The minimum atomic E-state index is -0.512. The van der Waals surface area contributed by atoms with E-state index in [4.69, 9.17) is 0 Å². The minimum absolute atomic E-state index is 0.0110. The van der Waals surface area contributed by atoms with Crippen LogP contribution in [0.1, 0.15) is 194 Å². The summed E-state index contributed by atoms with van der Waals surface area (Å²) in [7, 11) is 0.